The highest BCUT2D eigenvalue weighted by Gasteiger charge is 2.28. The van der Waals surface area contributed by atoms with Crippen LogP contribution in [0.4, 0.5) is 0 Å². The van der Waals surface area contributed by atoms with E-state index in [4.69, 9.17) is 53.8 Å². The Morgan fingerprint density at radius 3 is 2.14 bits per heavy atom. The van der Waals surface area contributed by atoms with Crippen LogP contribution in [0.2, 0.25) is 0 Å². The van der Waals surface area contributed by atoms with Gasteiger partial charge in [-0.2, -0.15) is 0 Å². The van der Waals surface area contributed by atoms with Gasteiger partial charge in [-0.15, -0.1) is 0 Å². The van der Waals surface area contributed by atoms with E-state index in [2.05, 4.69) is 0 Å². The third-order valence-electron chi connectivity index (χ3n) is 2.33. The maximum Gasteiger partial charge on any atom is 0.346 e. The van der Waals surface area contributed by atoms with Crippen molar-refractivity contribution in [2.75, 3.05) is 20.8 Å². The predicted molar refractivity (Wildman–Crippen MR) is 81.4 cm³/mol. The number of methoxy groups -OCH3 is 2. The second kappa shape index (κ2) is 7.76. The molecule has 0 amide bonds. The van der Waals surface area contributed by atoms with Crippen LogP contribution in [0.15, 0.2) is 12.1 Å². The number of halogens is 3. The summed E-state index contributed by atoms with van der Waals surface area (Å²) >= 11 is 16.6. The predicted octanol–water partition coefficient (Wildman–Crippen LogP) is 3.16. The normalized spacial score (nSPS) is 10.8. The van der Waals surface area contributed by atoms with Crippen LogP contribution in [0.1, 0.15) is 17.3 Å². The van der Waals surface area contributed by atoms with Crippen molar-refractivity contribution >= 4 is 46.7 Å². The van der Waals surface area contributed by atoms with Gasteiger partial charge >= 0.3 is 11.9 Å². The molecule has 0 saturated heterocycles. The van der Waals surface area contributed by atoms with Crippen molar-refractivity contribution in [1.82, 2.24) is 0 Å². The molecule has 1 aromatic rings. The maximum absolute atomic E-state index is 12.2. The molecule has 6 nitrogen and oxygen atoms in total. The lowest BCUT2D eigenvalue weighted by Gasteiger charge is -2.17. The fourth-order valence-corrected chi connectivity index (χ4v) is 1.73. The van der Waals surface area contributed by atoms with Crippen LogP contribution in [0.25, 0.3) is 0 Å². The van der Waals surface area contributed by atoms with Gasteiger partial charge in [-0.05, 0) is 12.1 Å². The number of carbonyl (C=O) groups excluding carboxylic acids is 2. The summed E-state index contributed by atoms with van der Waals surface area (Å²) in [7, 11) is 2.65. The highest BCUT2D eigenvalue weighted by atomic mass is 35.6. The van der Waals surface area contributed by atoms with E-state index in [1.807, 2.05) is 0 Å². The van der Waals surface area contributed by atoms with Crippen LogP contribution in [0, 0.1) is 0 Å². The molecule has 9 heteroatoms. The SMILES string of the molecule is COc1ccc(OC(C)=O)c(OC)c1C(=O)OCC(Cl)(Cl)Cl. The van der Waals surface area contributed by atoms with E-state index in [1.54, 1.807) is 0 Å². The maximum atomic E-state index is 12.2. The molecule has 0 N–H and O–H groups in total. The number of benzene rings is 1. The molecular formula is C13H13Cl3O6. The largest absolute Gasteiger partial charge is 0.496 e. The number of ether oxygens (including phenoxy) is 4. The Labute approximate surface area is 142 Å². The van der Waals surface area contributed by atoms with Crippen molar-refractivity contribution in [2.24, 2.45) is 0 Å². The second-order valence-electron chi connectivity index (χ2n) is 3.96. The Hall–Kier alpha value is -1.37. The van der Waals surface area contributed by atoms with Crippen molar-refractivity contribution in [3.63, 3.8) is 0 Å². The van der Waals surface area contributed by atoms with Crippen LogP contribution in [-0.2, 0) is 9.53 Å². The molecule has 0 unspecified atom stereocenters. The summed E-state index contributed by atoms with van der Waals surface area (Å²) in [6.07, 6.45) is 0. The Kier molecular flexibility index (Phi) is 6.59. The summed E-state index contributed by atoms with van der Waals surface area (Å²) in [6.45, 7) is 0.741. The molecule has 0 fully saturated rings. The van der Waals surface area contributed by atoms with Crippen molar-refractivity contribution in [3.05, 3.63) is 17.7 Å². The van der Waals surface area contributed by atoms with Gasteiger partial charge in [-0.1, -0.05) is 34.8 Å². The van der Waals surface area contributed by atoms with Crippen LogP contribution >= 0.6 is 34.8 Å². The van der Waals surface area contributed by atoms with E-state index in [0.29, 0.717) is 0 Å². The summed E-state index contributed by atoms with van der Waals surface area (Å²) in [5.41, 5.74) is -0.0852. The molecule has 0 aliphatic carbocycles. The van der Waals surface area contributed by atoms with E-state index >= 15 is 0 Å². The zero-order valence-corrected chi connectivity index (χ0v) is 14.2. The number of alkyl halides is 3. The zero-order valence-electron chi connectivity index (χ0n) is 11.9. The van der Waals surface area contributed by atoms with Crippen molar-refractivity contribution in [3.8, 4) is 17.2 Å². The first kappa shape index (κ1) is 18.7. The molecule has 22 heavy (non-hydrogen) atoms. The quantitative estimate of drug-likeness (QED) is 0.450. The summed E-state index contributed by atoms with van der Waals surface area (Å²) in [6, 6.07) is 2.84. The standard InChI is InChI=1S/C13H13Cl3O6/c1-7(17)22-9-5-4-8(19-2)10(11(9)20-3)12(18)21-6-13(14,15)16/h4-5H,6H2,1-3H3. The molecule has 122 valence electrons. The van der Waals surface area contributed by atoms with Crippen LogP contribution in [-0.4, -0.2) is 36.6 Å². The van der Waals surface area contributed by atoms with Crippen LogP contribution < -0.4 is 14.2 Å². The van der Waals surface area contributed by atoms with Crippen molar-refractivity contribution in [1.29, 1.82) is 0 Å². The average Bonchev–Trinajstić information content (AvgIpc) is 2.42. The summed E-state index contributed by atoms with van der Waals surface area (Å²) < 4.78 is 18.3. The van der Waals surface area contributed by atoms with Crippen molar-refractivity contribution < 1.29 is 28.5 Å². The van der Waals surface area contributed by atoms with Gasteiger partial charge in [0.15, 0.2) is 11.5 Å². The van der Waals surface area contributed by atoms with Gasteiger partial charge in [-0.3, -0.25) is 4.79 Å². The van der Waals surface area contributed by atoms with Gasteiger partial charge < -0.3 is 18.9 Å². The first-order valence-electron chi connectivity index (χ1n) is 5.87. The van der Waals surface area contributed by atoms with E-state index in [9.17, 15) is 9.59 Å². The van der Waals surface area contributed by atoms with E-state index < -0.39 is 22.3 Å². The average molecular weight is 372 g/mol. The first-order valence-corrected chi connectivity index (χ1v) is 7.00. The molecular weight excluding hydrogens is 358 g/mol. The van der Waals surface area contributed by atoms with E-state index in [0.717, 1.165) is 0 Å². The number of carbonyl (C=O) groups is 2. The summed E-state index contributed by atoms with van der Waals surface area (Å²) in [4.78, 5) is 23.3. The topological polar surface area (TPSA) is 71.1 Å². The molecule has 0 spiro atoms. The van der Waals surface area contributed by atoms with E-state index in [-0.39, 0.29) is 22.8 Å². The highest BCUT2D eigenvalue weighted by Crippen LogP contribution is 2.38. The lowest BCUT2D eigenvalue weighted by Crippen LogP contribution is -2.18. The molecule has 0 aliphatic rings. The number of rotatable bonds is 5. The lowest BCUT2D eigenvalue weighted by atomic mass is 10.1. The van der Waals surface area contributed by atoms with Crippen LogP contribution in [0.3, 0.4) is 0 Å². The van der Waals surface area contributed by atoms with Crippen molar-refractivity contribution in [2.45, 2.75) is 10.7 Å². The molecule has 0 heterocycles. The third kappa shape index (κ3) is 5.12. The third-order valence-corrected chi connectivity index (χ3v) is 2.66. The molecule has 0 saturated carbocycles. The molecule has 0 atom stereocenters. The van der Waals surface area contributed by atoms with Gasteiger partial charge in [0.25, 0.3) is 0 Å². The zero-order chi connectivity index (χ0) is 16.9. The Morgan fingerprint density at radius 2 is 1.68 bits per heavy atom. The minimum atomic E-state index is -1.76. The molecule has 0 aliphatic heterocycles. The Bertz CT molecular complexity index is 568. The van der Waals surface area contributed by atoms with Gasteiger partial charge in [0.05, 0.1) is 14.2 Å². The van der Waals surface area contributed by atoms with E-state index in [1.165, 1.54) is 33.3 Å². The van der Waals surface area contributed by atoms with Gasteiger partial charge in [-0.25, -0.2) is 4.79 Å². The fourth-order valence-electron chi connectivity index (χ4n) is 1.57. The monoisotopic (exact) mass is 370 g/mol. The minimum Gasteiger partial charge on any atom is -0.496 e. The molecule has 0 aromatic heterocycles. The minimum absolute atomic E-state index is 0.0242. The highest BCUT2D eigenvalue weighted by molar-refractivity contribution is 6.67. The van der Waals surface area contributed by atoms with Gasteiger partial charge in [0.1, 0.15) is 17.9 Å². The Morgan fingerprint density at radius 1 is 1.09 bits per heavy atom. The number of hydrogen-bond donors (Lipinski definition) is 0. The second-order valence-corrected chi connectivity index (χ2v) is 6.48. The van der Waals surface area contributed by atoms with Gasteiger partial charge in [0.2, 0.25) is 3.79 Å². The summed E-state index contributed by atoms with van der Waals surface area (Å²) in [5, 5.41) is 0. The fraction of sp³-hybridized carbons (Fsp3) is 0.385. The lowest BCUT2D eigenvalue weighted by molar-refractivity contribution is -0.132. The smallest absolute Gasteiger partial charge is 0.346 e. The number of hydrogen-bond acceptors (Lipinski definition) is 6. The molecule has 1 aromatic carbocycles. The van der Waals surface area contributed by atoms with Crippen LogP contribution in [0.5, 0.6) is 17.2 Å². The number of esters is 2. The first-order chi connectivity index (χ1) is 10.2. The molecule has 1 rings (SSSR count). The molecule has 0 bridgehead atoms. The summed E-state index contributed by atoms with van der Waals surface area (Å²) in [5.74, 6) is -1.26. The van der Waals surface area contributed by atoms with Gasteiger partial charge in [0, 0.05) is 6.92 Å². The molecule has 0 radical (unpaired) electrons. The Balaban J connectivity index is 3.23.